The summed E-state index contributed by atoms with van der Waals surface area (Å²) in [6.07, 6.45) is 17.9. The fraction of sp³-hybridized carbons (Fsp3) is 0.692. The van der Waals surface area contributed by atoms with Gasteiger partial charge in [0.2, 0.25) is 0 Å². The van der Waals surface area contributed by atoms with Crippen molar-refractivity contribution in [2.75, 3.05) is 11.5 Å². The van der Waals surface area contributed by atoms with Gasteiger partial charge in [0.1, 0.15) is 11.3 Å². The van der Waals surface area contributed by atoms with E-state index in [-0.39, 0.29) is 17.2 Å². The summed E-state index contributed by atoms with van der Waals surface area (Å²) in [7, 11) is 0. The number of benzene rings is 1. The smallest absolute Gasteiger partial charge is 0.319 e. The van der Waals surface area contributed by atoms with Gasteiger partial charge in [-0.3, -0.25) is 0 Å². The van der Waals surface area contributed by atoms with E-state index in [9.17, 15) is 0 Å². The van der Waals surface area contributed by atoms with Gasteiger partial charge in [0.05, 0.1) is 6.61 Å². The average molecular weight is 803 g/mol. The summed E-state index contributed by atoms with van der Waals surface area (Å²) in [5.41, 5.74) is 14.8. The van der Waals surface area contributed by atoms with E-state index in [1.165, 1.54) is 32.1 Å². The molecule has 6 heteroatoms. The maximum Gasteiger partial charge on any atom is 0.319 e. The lowest BCUT2D eigenvalue weighted by Gasteiger charge is -2.33. The minimum absolute atomic E-state index is 0.189. The van der Waals surface area contributed by atoms with Crippen LogP contribution in [0.1, 0.15) is 205 Å². The monoisotopic (exact) mass is 803 g/mol. The van der Waals surface area contributed by atoms with Gasteiger partial charge in [-0.2, -0.15) is 9.97 Å². The number of aryl methyl sites for hydroxylation is 1. The van der Waals surface area contributed by atoms with E-state index in [1.807, 2.05) is 20.8 Å². The highest BCUT2D eigenvalue weighted by atomic mass is 19.1. The van der Waals surface area contributed by atoms with Gasteiger partial charge >= 0.3 is 6.01 Å². The van der Waals surface area contributed by atoms with Crippen LogP contribution in [0.3, 0.4) is 0 Å². The molecule has 2 fully saturated rings. The van der Waals surface area contributed by atoms with Crippen LogP contribution in [0.15, 0.2) is 40.6 Å². The summed E-state index contributed by atoms with van der Waals surface area (Å²) < 4.78 is 23.9. The Morgan fingerprint density at radius 1 is 0.879 bits per heavy atom. The summed E-state index contributed by atoms with van der Waals surface area (Å²) in [6.45, 7) is 39.7. The largest absolute Gasteiger partial charge is 0.463 e. The Balaban J connectivity index is 0.000000769. The van der Waals surface area contributed by atoms with Crippen molar-refractivity contribution in [2.45, 2.75) is 213 Å². The van der Waals surface area contributed by atoms with Gasteiger partial charge in [0, 0.05) is 34.1 Å². The van der Waals surface area contributed by atoms with Crippen molar-refractivity contribution in [3.05, 3.63) is 63.2 Å². The van der Waals surface area contributed by atoms with Gasteiger partial charge in [-0.25, -0.2) is 4.39 Å². The lowest BCUT2D eigenvalue weighted by molar-refractivity contribution is 0.214. The molecule has 5 nitrogen and oxygen atoms in total. The molecule has 328 valence electrons. The van der Waals surface area contributed by atoms with Crippen molar-refractivity contribution in [1.29, 1.82) is 0 Å². The van der Waals surface area contributed by atoms with Gasteiger partial charge < -0.3 is 15.4 Å². The number of nitrogens with two attached hydrogens (primary N) is 1. The molecule has 0 radical (unpaired) electrons. The summed E-state index contributed by atoms with van der Waals surface area (Å²) in [6, 6.07) is 0.974. The number of hydrogen-bond acceptors (Lipinski definition) is 5. The predicted molar refractivity (Wildman–Crippen MR) is 253 cm³/mol. The summed E-state index contributed by atoms with van der Waals surface area (Å²) in [4.78, 5) is 12.5. The normalized spacial score (nSPS) is 18.4. The average Bonchev–Trinajstić information content (AvgIpc) is 3.88. The second-order valence-corrected chi connectivity index (χ2v) is 17.9. The Kier molecular flexibility index (Phi) is 21.3. The van der Waals surface area contributed by atoms with Gasteiger partial charge in [-0.05, 0) is 138 Å². The van der Waals surface area contributed by atoms with Gasteiger partial charge in [0.15, 0.2) is 5.82 Å². The van der Waals surface area contributed by atoms with E-state index in [2.05, 4.69) is 108 Å². The van der Waals surface area contributed by atoms with Crippen LogP contribution < -0.4 is 15.4 Å². The highest BCUT2D eigenvalue weighted by Crippen LogP contribution is 2.49. The first-order valence-corrected chi connectivity index (χ1v) is 23.4. The first kappa shape index (κ1) is 51.0. The molecule has 2 aromatic rings. The lowest BCUT2D eigenvalue weighted by Crippen LogP contribution is -2.36. The Labute approximate surface area is 356 Å². The summed E-state index contributed by atoms with van der Waals surface area (Å²) in [5.74, 6) is 2.33. The molecule has 2 heterocycles. The standard InChI is InChI=1S/C39H57FN4O.C8H18.C5H12/c1-12-23(7)24(8)32(25(9)27(11)41)26(10)33-30(15-4)31(16-5)34-36(35(33)40)42-38(45-22-39(17-6)20-21-39)43-37(34)44-28(13-2)18-19-29(44)14-3;1-4-6-8(3)7-5-2;1-4-5(2)3/h12,28-29H,10,13-22,41H2,1-9,11H3;8H,4-7H2,1-3H3;5H,4H2,1-3H3/b23-12-,27-25+,32-24-;;. The molecule has 0 bridgehead atoms. The number of nitrogens with zero attached hydrogens (tertiary/aromatic N) is 3. The van der Waals surface area contributed by atoms with Crippen molar-refractivity contribution in [3.63, 3.8) is 0 Å². The SMILES string of the molecule is C=C(C(=C(C)\C(C)=C/C)/C(C)=C(\C)N)c1c(CC)c(CC)c2c(N3C(CC)CCC3CC)nc(OCC3(CC)CC3)nc2c1F.CCC(C)C.CCCC(C)CCC. The van der Waals surface area contributed by atoms with Crippen LogP contribution in [-0.4, -0.2) is 28.7 Å². The zero-order valence-electron chi connectivity index (χ0n) is 40.4. The minimum Gasteiger partial charge on any atom is -0.463 e. The third-order valence-corrected chi connectivity index (χ3v) is 13.3. The Hall–Kier alpha value is -3.15. The topological polar surface area (TPSA) is 64.3 Å². The molecule has 1 saturated carbocycles. The van der Waals surface area contributed by atoms with Crippen molar-refractivity contribution in [2.24, 2.45) is 23.0 Å². The number of rotatable bonds is 18. The number of ether oxygens (including phenoxy) is 1. The molecule has 2 N–H and O–H groups in total. The number of hydrogen-bond donors (Lipinski definition) is 1. The summed E-state index contributed by atoms with van der Waals surface area (Å²) in [5, 5.41) is 0.834. The number of allylic oxidation sites excluding steroid dienone is 7. The van der Waals surface area contributed by atoms with Crippen molar-refractivity contribution >= 4 is 22.3 Å². The van der Waals surface area contributed by atoms with Crippen molar-refractivity contribution < 1.29 is 9.13 Å². The Morgan fingerprint density at radius 2 is 1.41 bits per heavy atom. The van der Waals surface area contributed by atoms with Crippen LogP contribution in [0.5, 0.6) is 6.01 Å². The molecule has 4 rings (SSSR count). The molecule has 2 atom stereocenters. The second-order valence-electron chi connectivity index (χ2n) is 17.9. The third-order valence-electron chi connectivity index (χ3n) is 13.3. The second kappa shape index (κ2) is 24.2. The van der Waals surface area contributed by atoms with Crippen LogP contribution in [0.4, 0.5) is 10.2 Å². The molecular weight excluding hydrogens is 716 g/mol. The maximum atomic E-state index is 17.5. The van der Waals surface area contributed by atoms with Crippen LogP contribution in [-0.2, 0) is 12.8 Å². The van der Waals surface area contributed by atoms with Crippen LogP contribution in [0, 0.1) is 23.1 Å². The highest BCUT2D eigenvalue weighted by molar-refractivity contribution is 5.99. The quantitative estimate of drug-likeness (QED) is 0.152. The summed E-state index contributed by atoms with van der Waals surface area (Å²) >= 11 is 0. The van der Waals surface area contributed by atoms with Gasteiger partial charge in [-0.15, -0.1) is 0 Å². The predicted octanol–water partition coefficient (Wildman–Crippen LogP) is 15.4. The highest BCUT2D eigenvalue weighted by Gasteiger charge is 2.42. The molecule has 58 heavy (non-hydrogen) atoms. The Bertz CT molecular complexity index is 1710. The third kappa shape index (κ3) is 12.7. The van der Waals surface area contributed by atoms with E-state index < -0.39 is 0 Å². The lowest BCUT2D eigenvalue weighted by atomic mass is 9.82. The van der Waals surface area contributed by atoms with Crippen LogP contribution in [0.2, 0.25) is 0 Å². The number of anilines is 1. The zero-order chi connectivity index (χ0) is 43.9. The fourth-order valence-corrected chi connectivity index (χ4v) is 8.47. The molecule has 0 spiro atoms. The molecule has 2 unspecified atom stereocenters. The van der Waals surface area contributed by atoms with E-state index in [0.717, 1.165) is 108 Å². The number of aromatic nitrogens is 2. The molecule has 0 amide bonds. The van der Waals surface area contributed by atoms with E-state index in [4.69, 9.17) is 20.4 Å². The Morgan fingerprint density at radius 3 is 1.81 bits per heavy atom. The van der Waals surface area contributed by atoms with Crippen LogP contribution in [0.25, 0.3) is 16.5 Å². The molecular formula is C52H87FN4O. The molecule has 1 aromatic heterocycles. The zero-order valence-corrected chi connectivity index (χ0v) is 40.4. The van der Waals surface area contributed by atoms with Gasteiger partial charge in [0.25, 0.3) is 0 Å². The van der Waals surface area contributed by atoms with Crippen molar-refractivity contribution in [3.8, 4) is 6.01 Å². The molecule has 1 saturated heterocycles. The van der Waals surface area contributed by atoms with Crippen LogP contribution >= 0.6 is 0 Å². The maximum absolute atomic E-state index is 17.5. The van der Waals surface area contributed by atoms with E-state index >= 15 is 4.39 Å². The molecule has 1 aromatic carbocycles. The van der Waals surface area contributed by atoms with Crippen molar-refractivity contribution in [1.82, 2.24) is 9.97 Å². The van der Waals surface area contributed by atoms with Gasteiger partial charge in [-0.1, -0.05) is 126 Å². The molecule has 1 aliphatic heterocycles. The van der Waals surface area contributed by atoms with E-state index in [1.54, 1.807) is 0 Å². The fourth-order valence-electron chi connectivity index (χ4n) is 8.47. The first-order chi connectivity index (χ1) is 27.5. The van der Waals surface area contributed by atoms with E-state index in [0.29, 0.717) is 47.5 Å². The molecule has 1 aliphatic carbocycles. The molecule has 2 aliphatic rings. The minimum atomic E-state index is -0.347. The number of halogens is 1. The first-order valence-electron chi connectivity index (χ1n) is 23.4. The number of fused-ring (bicyclic) bond motifs is 1.